The lowest BCUT2D eigenvalue weighted by molar-refractivity contribution is 0.0290. The van der Waals surface area contributed by atoms with Crippen molar-refractivity contribution in [2.45, 2.75) is 58.2 Å². The van der Waals surface area contributed by atoms with Crippen molar-refractivity contribution in [1.82, 2.24) is 10.2 Å². The van der Waals surface area contributed by atoms with Gasteiger partial charge in [0.2, 0.25) is 0 Å². The molecule has 1 aromatic carbocycles. The lowest BCUT2D eigenvalue weighted by Crippen LogP contribution is -2.41. The topological polar surface area (TPSA) is 41.6 Å². The highest BCUT2D eigenvalue weighted by Gasteiger charge is 2.30. The molecule has 2 atom stereocenters. The Kier molecular flexibility index (Phi) is 5.93. The molecule has 1 aromatic rings. The number of amides is 1. The standard InChI is InChI=1S/C18H27ClN2O2/c1-13(11-14-7-5-6-8-16(14)19)20-15-9-10-21(12-15)17(22)23-18(2,3)4/h5-8,13,15,20H,9-12H2,1-4H3. The quantitative estimate of drug-likeness (QED) is 0.906. The zero-order chi connectivity index (χ0) is 17.0. The van der Waals surface area contributed by atoms with Crippen LogP contribution in [0, 0.1) is 0 Å². The zero-order valence-electron chi connectivity index (χ0n) is 14.4. The predicted molar refractivity (Wildman–Crippen MR) is 94.0 cm³/mol. The first-order chi connectivity index (χ1) is 10.7. The van der Waals surface area contributed by atoms with Gasteiger partial charge in [-0.25, -0.2) is 4.79 Å². The van der Waals surface area contributed by atoms with Crippen LogP contribution in [0.5, 0.6) is 0 Å². The van der Waals surface area contributed by atoms with E-state index in [0.717, 1.165) is 30.0 Å². The number of carbonyl (C=O) groups excluding carboxylic acids is 1. The van der Waals surface area contributed by atoms with Gasteiger partial charge in [-0.2, -0.15) is 0 Å². The van der Waals surface area contributed by atoms with Crippen LogP contribution in [0.2, 0.25) is 5.02 Å². The van der Waals surface area contributed by atoms with Gasteiger partial charge in [0.05, 0.1) is 0 Å². The molecule has 0 aromatic heterocycles. The smallest absolute Gasteiger partial charge is 0.410 e. The Morgan fingerprint density at radius 2 is 2.13 bits per heavy atom. The molecule has 1 saturated heterocycles. The lowest BCUT2D eigenvalue weighted by Gasteiger charge is -2.25. The Bertz CT molecular complexity index is 542. The van der Waals surface area contributed by atoms with E-state index < -0.39 is 5.60 Å². The van der Waals surface area contributed by atoms with Gasteiger partial charge in [-0.1, -0.05) is 29.8 Å². The van der Waals surface area contributed by atoms with Crippen molar-refractivity contribution < 1.29 is 9.53 Å². The van der Waals surface area contributed by atoms with Gasteiger partial charge in [-0.05, 0) is 52.2 Å². The maximum Gasteiger partial charge on any atom is 0.410 e. The Balaban J connectivity index is 1.81. The van der Waals surface area contributed by atoms with Gasteiger partial charge in [-0.15, -0.1) is 0 Å². The molecule has 0 bridgehead atoms. The highest BCUT2D eigenvalue weighted by Crippen LogP contribution is 2.19. The van der Waals surface area contributed by atoms with Gasteiger partial charge in [0, 0.05) is 30.2 Å². The molecule has 1 aliphatic heterocycles. The van der Waals surface area contributed by atoms with Crippen molar-refractivity contribution in [3.05, 3.63) is 34.9 Å². The molecule has 0 aliphatic carbocycles. The SMILES string of the molecule is CC(Cc1ccccc1Cl)NC1CCN(C(=O)OC(C)(C)C)C1. The first kappa shape index (κ1) is 18.1. The highest BCUT2D eigenvalue weighted by molar-refractivity contribution is 6.31. The molecule has 1 amide bonds. The van der Waals surface area contributed by atoms with Crippen LogP contribution in [-0.2, 0) is 11.2 Å². The molecule has 23 heavy (non-hydrogen) atoms. The number of benzene rings is 1. The third kappa shape index (κ3) is 5.70. The Labute approximate surface area is 144 Å². The fraction of sp³-hybridized carbons (Fsp3) is 0.611. The number of likely N-dealkylation sites (tertiary alicyclic amines) is 1. The molecular weight excluding hydrogens is 312 g/mol. The summed E-state index contributed by atoms with van der Waals surface area (Å²) in [4.78, 5) is 13.9. The molecule has 0 saturated carbocycles. The van der Waals surface area contributed by atoms with Crippen molar-refractivity contribution in [2.24, 2.45) is 0 Å². The van der Waals surface area contributed by atoms with Crippen molar-refractivity contribution in [3.8, 4) is 0 Å². The summed E-state index contributed by atoms with van der Waals surface area (Å²) in [6.07, 6.45) is 1.61. The minimum atomic E-state index is -0.444. The van der Waals surface area contributed by atoms with Gasteiger partial charge in [0.1, 0.15) is 5.60 Å². The molecule has 0 spiro atoms. The van der Waals surface area contributed by atoms with Crippen LogP contribution < -0.4 is 5.32 Å². The van der Waals surface area contributed by atoms with Crippen molar-refractivity contribution >= 4 is 17.7 Å². The van der Waals surface area contributed by atoms with Crippen molar-refractivity contribution in [2.75, 3.05) is 13.1 Å². The van der Waals surface area contributed by atoms with E-state index in [1.165, 1.54) is 0 Å². The van der Waals surface area contributed by atoms with Crippen LogP contribution >= 0.6 is 11.6 Å². The zero-order valence-corrected chi connectivity index (χ0v) is 15.2. The van der Waals surface area contributed by atoms with Crippen LogP contribution in [0.3, 0.4) is 0 Å². The van der Waals surface area contributed by atoms with E-state index >= 15 is 0 Å². The molecule has 4 nitrogen and oxygen atoms in total. The molecule has 5 heteroatoms. The van der Waals surface area contributed by atoms with Gasteiger partial charge in [0.25, 0.3) is 0 Å². The van der Waals surface area contributed by atoms with Crippen molar-refractivity contribution in [3.63, 3.8) is 0 Å². The number of hydrogen-bond donors (Lipinski definition) is 1. The second-order valence-corrected chi connectivity index (χ2v) is 7.68. The largest absolute Gasteiger partial charge is 0.444 e. The summed E-state index contributed by atoms with van der Waals surface area (Å²) in [5.74, 6) is 0. The number of hydrogen-bond acceptors (Lipinski definition) is 3. The first-order valence-corrected chi connectivity index (χ1v) is 8.60. The molecule has 1 heterocycles. The van der Waals surface area contributed by atoms with Crippen LogP contribution in [-0.4, -0.2) is 41.8 Å². The van der Waals surface area contributed by atoms with Gasteiger partial charge in [-0.3, -0.25) is 0 Å². The second kappa shape index (κ2) is 7.54. The molecule has 128 valence electrons. The van der Waals surface area contributed by atoms with E-state index in [2.05, 4.69) is 18.3 Å². The summed E-state index contributed by atoms with van der Waals surface area (Å²) < 4.78 is 5.43. The lowest BCUT2D eigenvalue weighted by atomic mass is 10.1. The maximum absolute atomic E-state index is 12.1. The molecule has 2 unspecified atom stereocenters. The predicted octanol–water partition coefficient (Wildman–Crippen LogP) is 3.87. The van der Waals surface area contributed by atoms with E-state index in [0.29, 0.717) is 18.6 Å². The highest BCUT2D eigenvalue weighted by atomic mass is 35.5. The van der Waals surface area contributed by atoms with E-state index in [9.17, 15) is 4.79 Å². The minimum Gasteiger partial charge on any atom is -0.444 e. The molecule has 1 aliphatic rings. The maximum atomic E-state index is 12.1. The van der Waals surface area contributed by atoms with Crippen LogP contribution in [0.4, 0.5) is 4.79 Å². The average molecular weight is 339 g/mol. The molecule has 2 rings (SSSR count). The number of rotatable bonds is 4. The number of nitrogens with zero attached hydrogens (tertiary/aromatic N) is 1. The van der Waals surface area contributed by atoms with E-state index in [-0.39, 0.29) is 6.09 Å². The van der Waals surface area contributed by atoms with E-state index in [1.807, 2.05) is 39.0 Å². The molecule has 0 radical (unpaired) electrons. The van der Waals surface area contributed by atoms with Crippen LogP contribution in [0.1, 0.15) is 39.7 Å². The van der Waals surface area contributed by atoms with Crippen LogP contribution in [0.25, 0.3) is 0 Å². The Hall–Kier alpha value is -1.26. The fourth-order valence-electron chi connectivity index (χ4n) is 2.84. The first-order valence-electron chi connectivity index (χ1n) is 8.22. The number of halogens is 1. The van der Waals surface area contributed by atoms with Gasteiger partial charge < -0.3 is 15.0 Å². The second-order valence-electron chi connectivity index (χ2n) is 7.28. The summed E-state index contributed by atoms with van der Waals surface area (Å²) in [5.41, 5.74) is 0.705. The van der Waals surface area contributed by atoms with E-state index in [4.69, 9.17) is 16.3 Å². The summed E-state index contributed by atoms with van der Waals surface area (Å²) >= 11 is 6.21. The number of nitrogens with one attached hydrogen (secondary N) is 1. The van der Waals surface area contributed by atoms with Gasteiger partial charge in [0.15, 0.2) is 0 Å². The average Bonchev–Trinajstić information content (AvgIpc) is 2.88. The third-order valence-corrected chi connectivity index (χ3v) is 4.21. The third-order valence-electron chi connectivity index (χ3n) is 3.84. The molecular formula is C18H27ClN2O2. The summed E-state index contributed by atoms with van der Waals surface area (Å²) in [6.45, 7) is 9.26. The van der Waals surface area contributed by atoms with Gasteiger partial charge >= 0.3 is 6.09 Å². The Morgan fingerprint density at radius 3 is 2.78 bits per heavy atom. The molecule has 1 fully saturated rings. The van der Waals surface area contributed by atoms with Crippen LogP contribution in [0.15, 0.2) is 24.3 Å². The normalized spacial score (nSPS) is 19.7. The van der Waals surface area contributed by atoms with E-state index in [1.54, 1.807) is 4.90 Å². The number of ether oxygens (including phenoxy) is 1. The minimum absolute atomic E-state index is 0.222. The summed E-state index contributed by atoms with van der Waals surface area (Å²) in [7, 11) is 0. The number of carbonyl (C=O) groups is 1. The monoisotopic (exact) mass is 338 g/mol. The summed E-state index contributed by atoms with van der Waals surface area (Å²) in [6, 6.07) is 8.54. The van der Waals surface area contributed by atoms with Crippen molar-refractivity contribution in [1.29, 1.82) is 0 Å². The Morgan fingerprint density at radius 1 is 1.43 bits per heavy atom. The fourth-order valence-corrected chi connectivity index (χ4v) is 3.06. The molecule has 1 N–H and O–H groups in total. The summed E-state index contributed by atoms with van der Waals surface area (Å²) in [5, 5.41) is 4.40.